The van der Waals surface area contributed by atoms with E-state index >= 15 is 0 Å². The molecule has 0 aliphatic heterocycles. The molecule has 5 nitrogen and oxygen atoms in total. The van der Waals surface area contributed by atoms with Crippen LogP contribution in [0.2, 0.25) is 0 Å². The minimum Gasteiger partial charge on any atom is -0.490 e. The van der Waals surface area contributed by atoms with Crippen LogP contribution in [0.3, 0.4) is 0 Å². The van der Waals surface area contributed by atoms with E-state index in [1.165, 1.54) is 0 Å². The van der Waals surface area contributed by atoms with Crippen molar-refractivity contribution in [3.05, 3.63) is 72.3 Å². The molecule has 0 unspecified atom stereocenters. The number of esters is 2. The van der Waals surface area contributed by atoms with Crippen LogP contribution >= 0.6 is 0 Å². The highest BCUT2D eigenvalue weighted by atomic mass is 16.6. The Kier molecular flexibility index (Phi) is 6.14. The average molecular weight is 326 g/mol. The van der Waals surface area contributed by atoms with Crippen molar-refractivity contribution in [3.8, 4) is 11.5 Å². The van der Waals surface area contributed by atoms with E-state index in [2.05, 4.69) is 6.58 Å². The van der Waals surface area contributed by atoms with Gasteiger partial charge in [0.1, 0.15) is 24.7 Å². The molecular formula is C19H18O5. The van der Waals surface area contributed by atoms with Crippen molar-refractivity contribution >= 4 is 11.9 Å². The SMILES string of the molecule is C=C(C)C(=O)OCCOc1ccc(C(=O)Oc2ccccc2)cc1. The van der Waals surface area contributed by atoms with E-state index in [1.807, 2.05) is 6.07 Å². The van der Waals surface area contributed by atoms with E-state index < -0.39 is 11.9 Å². The fourth-order valence-electron chi connectivity index (χ4n) is 1.76. The van der Waals surface area contributed by atoms with Crippen LogP contribution in [-0.4, -0.2) is 25.2 Å². The fourth-order valence-corrected chi connectivity index (χ4v) is 1.76. The van der Waals surface area contributed by atoms with Crippen LogP contribution in [0.5, 0.6) is 11.5 Å². The summed E-state index contributed by atoms with van der Waals surface area (Å²) in [5.41, 5.74) is 0.760. The third-order valence-corrected chi connectivity index (χ3v) is 2.98. The van der Waals surface area contributed by atoms with Crippen LogP contribution in [0.15, 0.2) is 66.7 Å². The molecule has 0 saturated carbocycles. The summed E-state index contributed by atoms with van der Waals surface area (Å²) in [7, 11) is 0. The molecule has 0 aromatic heterocycles. The first-order valence-corrected chi connectivity index (χ1v) is 7.39. The van der Waals surface area contributed by atoms with E-state index in [0.717, 1.165) is 0 Å². The second-order valence-corrected chi connectivity index (χ2v) is 4.99. The highest BCUT2D eigenvalue weighted by molar-refractivity contribution is 5.91. The summed E-state index contributed by atoms with van der Waals surface area (Å²) in [6.07, 6.45) is 0. The van der Waals surface area contributed by atoms with Crippen LogP contribution in [0, 0.1) is 0 Å². The highest BCUT2D eigenvalue weighted by Crippen LogP contribution is 2.15. The molecule has 24 heavy (non-hydrogen) atoms. The van der Waals surface area contributed by atoms with Crippen molar-refractivity contribution in [2.45, 2.75) is 6.92 Å². The number of ether oxygens (including phenoxy) is 3. The van der Waals surface area contributed by atoms with Gasteiger partial charge in [-0.25, -0.2) is 9.59 Å². The number of hydrogen-bond donors (Lipinski definition) is 0. The summed E-state index contributed by atoms with van der Waals surface area (Å²) in [6, 6.07) is 15.4. The van der Waals surface area contributed by atoms with E-state index in [4.69, 9.17) is 14.2 Å². The van der Waals surface area contributed by atoms with Crippen molar-refractivity contribution < 1.29 is 23.8 Å². The molecule has 0 fully saturated rings. The van der Waals surface area contributed by atoms with Gasteiger partial charge in [0.25, 0.3) is 0 Å². The topological polar surface area (TPSA) is 61.8 Å². The number of benzene rings is 2. The van der Waals surface area contributed by atoms with Crippen molar-refractivity contribution in [2.24, 2.45) is 0 Å². The molecule has 0 bridgehead atoms. The monoisotopic (exact) mass is 326 g/mol. The van der Waals surface area contributed by atoms with Crippen molar-refractivity contribution in [3.63, 3.8) is 0 Å². The quantitative estimate of drug-likeness (QED) is 0.338. The van der Waals surface area contributed by atoms with Crippen molar-refractivity contribution in [1.29, 1.82) is 0 Å². The summed E-state index contributed by atoms with van der Waals surface area (Å²) in [5.74, 6) is 0.167. The Bertz CT molecular complexity index is 704. The molecule has 0 N–H and O–H groups in total. The van der Waals surface area contributed by atoms with E-state index in [0.29, 0.717) is 22.6 Å². The van der Waals surface area contributed by atoms with Gasteiger partial charge in [0, 0.05) is 5.57 Å². The van der Waals surface area contributed by atoms with Gasteiger partial charge in [-0.3, -0.25) is 0 Å². The average Bonchev–Trinajstić information content (AvgIpc) is 2.59. The molecule has 2 rings (SSSR count). The van der Waals surface area contributed by atoms with E-state index in [9.17, 15) is 9.59 Å². The standard InChI is InChI=1S/C19H18O5/c1-14(2)18(20)23-13-12-22-16-10-8-15(9-11-16)19(21)24-17-6-4-3-5-7-17/h3-11H,1,12-13H2,2H3. The Morgan fingerprint density at radius 3 is 2.21 bits per heavy atom. The molecule has 0 saturated heterocycles. The smallest absolute Gasteiger partial charge is 0.343 e. The zero-order valence-corrected chi connectivity index (χ0v) is 13.4. The highest BCUT2D eigenvalue weighted by Gasteiger charge is 2.08. The van der Waals surface area contributed by atoms with Crippen LogP contribution in [0.1, 0.15) is 17.3 Å². The fraction of sp³-hybridized carbons (Fsp3) is 0.158. The lowest BCUT2D eigenvalue weighted by molar-refractivity contribution is -0.139. The van der Waals surface area contributed by atoms with Gasteiger partial charge in [-0.05, 0) is 43.3 Å². The van der Waals surface area contributed by atoms with Gasteiger partial charge in [0.2, 0.25) is 0 Å². The lowest BCUT2D eigenvalue weighted by Gasteiger charge is -2.08. The van der Waals surface area contributed by atoms with Crippen LogP contribution in [0.25, 0.3) is 0 Å². The zero-order chi connectivity index (χ0) is 17.4. The summed E-state index contributed by atoms with van der Waals surface area (Å²) in [5, 5.41) is 0. The second-order valence-electron chi connectivity index (χ2n) is 4.99. The van der Waals surface area contributed by atoms with Crippen LogP contribution < -0.4 is 9.47 Å². The normalized spacial score (nSPS) is 9.88. The summed E-state index contributed by atoms with van der Waals surface area (Å²) >= 11 is 0. The predicted molar refractivity (Wildman–Crippen MR) is 89.1 cm³/mol. The van der Waals surface area contributed by atoms with E-state index in [-0.39, 0.29) is 13.2 Å². The molecule has 0 spiro atoms. The number of carbonyl (C=O) groups is 2. The predicted octanol–water partition coefficient (Wildman–Crippen LogP) is 3.40. The number of rotatable bonds is 7. The van der Waals surface area contributed by atoms with Gasteiger partial charge in [-0.2, -0.15) is 0 Å². The van der Waals surface area contributed by atoms with Gasteiger partial charge < -0.3 is 14.2 Å². The Balaban J connectivity index is 1.81. The van der Waals surface area contributed by atoms with Gasteiger partial charge in [0.15, 0.2) is 0 Å². The minimum absolute atomic E-state index is 0.128. The molecule has 0 radical (unpaired) electrons. The molecule has 2 aromatic carbocycles. The summed E-state index contributed by atoms with van der Waals surface area (Å²) < 4.78 is 15.6. The third kappa shape index (κ3) is 5.28. The Morgan fingerprint density at radius 1 is 0.917 bits per heavy atom. The van der Waals surface area contributed by atoms with Crippen LogP contribution in [-0.2, 0) is 9.53 Å². The second kappa shape index (κ2) is 8.53. The molecule has 0 atom stereocenters. The number of para-hydroxylation sites is 1. The molecule has 0 aliphatic carbocycles. The number of hydrogen-bond acceptors (Lipinski definition) is 5. The van der Waals surface area contributed by atoms with Crippen molar-refractivity contribution in [1.82, 2.24) is 0 Å². The van der Waals surface area contributed by atoms with Crippen molar-refractivity contribution in [2.75, 3.05) is 13.2 Å². The zero-order valence-electron chi connectivity index (χ0n) is 13.4. The van der Waals surface area contributed by atoms with Crippen LogP contribution in [0.4, 0.5) is 0 Å². The summed E-state index contributed by atoms with van der Waals surface area (Å²) in [6.45, 7) is 5.41. The lowest BCUT2D eigenvalue weighted by atomic mass is 10.2. The molecular weight excluding hydrogens is 308 g/mol. The first kappa shape index (κ1) is 17.3. The number of carbonyl (C=O) groups excluding carboxylic acids is 2. The molecule has 0 heterocycles. The van der Waals surface area contributed by atoms with Gasteiger partial charge in [-0.1, -0.05) is 24.8 Å². The maximum atomic E-state index is 12.0. The Labute approximate surface area is 140 Å². The molecule has 124 valence electrons. The largest absolute Gasteiger partial charge is 0.490 e. The van der Waals surface area contributed by atoms with E-state index in [1.54, 1.807) is 55.5 Å². The Morgan fingerprint density at radius 2 is 1.58 bits per heavy atom. The maximum Gasteiger partial charge on any atom is 0.343 e. The minimum atomic E-state index is -0.447. The molecule has 2 aromatic rings. The third-order valence-electron chi connectivity index (χ3n) is 2.98. The molecule has 0 amide bonds. The summed E-state index contributed by atoms with van der Waals surface area (Å²) in [4.78, 5) is 23.2. The Hall–Kier alpha value is -3.08. The lowest BCUT2D eigenvalue weighted by Crippen LogP contribution is -2.12. The molecule has 0 aliphatic rings. The van der Waals surface area contributed by atoms with Gasteiger partial charge in [-0.15, -0.1) is 0 Å². The van der Waals surface area contributed by atoms with Gasteiger partial charge in [0.05, 0.1) is 5.56 Å². The maximum absolute atomic E-state index is 12.0. The first-order chi connectivity index (χ1) is 11.6. The molecule has 5 heteroatoms. The first-order valence-electron chi connectivity index (χ1n) is 7.39. The van der Waals surface area contributed by atoms with Gasteiger partial charge >= 0.3 is 11.9 Å².